The first-order chi connectivity index (χ1) is 16.8. The van der Waals surface area contributed by atoms with Crippen LogP contribution in [0.4, 0.5) is 0 Å². The van der Waals surface area contributed by atoms with Gasteiger partial charge in [-0.15, -0.1) is 0 Å². The van der Waals surface area contributed by atoms with Crippen LogP contribution in [0.5, 0.6) is 0 Å². The molecule has 1 N–H and O–H groups in total. The number of halogens is 2. The second-order valence-corrected chi connectivity index (χ2v) is 9.77. The molecule has 0 radical (unpaired) electrons. The number of hydrogen-bond donors (Lipinski definition) is 1. The van der Waals surface area contributed by atoms with Gasteiger partial charge in [0.2, 0.25) is 11.8 Å². The van der Waals surface area contributed by atoms with Crippen LogP contribution in [0.2, 0.25) is 10.0 Å². The molecule has 0 heterocycles. The van der Waals surface area contributed by atoms with E-state index < -0.39 is 6.04 Å². The summed E-state index contributed by atoms with van der Waals surface area (Å²) >= 11 is 12.6. The average molecular weight is 511 g/mol. The van der Waals surface area contributed by atoms with Crippen LogP contribution in [0, 0.1) is 13.8 Å². The highest BCUT2D eigenvalue weighted by atomic mass is 35.5. The van der Waals surface area contributed by atoms with E-state index in [9.17, 15) is 9.59 Å². The number of benzene rings is 3. The Morgan fingerprint density at radius 1 is 0.914 bits per heavy atom. The van der Waals surface area contributed by atoms with Crippen LogP contribution in [0.15, 0.2) is 66.7 Å². The fourth-order valence-corrected chi connectivity index (χ4v) is 4.67. The Bertz CT molecular complexity index is 1140. The van der Waals surface area contributed by atoms with Crippen molar-refractivity contribution in [2.24, 2.45) is 0 Å². The van der Waals surface area contributed by atoms with E-state index in [2.05, 4.69) is 11.4 Å². The molecule has 3 rings (SSSR count). The maximum absolute atomic E-state index is 13.8. The second-order valence-electron chi connectivity index (χ2n) is 8.93. The molecule has 0 fully saturated rings. The number of rotatable bonds is 10. The average Bonchev–Trinajstić information content (AvgIpc) is 2.81. The summed E-state index contributed by atoms with van der Waals surface area (Å²) in [5.41, 5.74) is 4.84. The Morgan fingerprint density at radius 3 is 2.23 bits per heavy atom. The zero-order valence-electron chi connectivity index (χ0n) is 20.5. The van der Waals surface area contributed by atoms with Gasteiger partial charge >= 0.3 is 0 Å². The molecule has 184 valence electrons. The number of aryl methyl sites for hydroxylation is 2. The summed E-state index contributed by atoms with van der Waals surface area (Å²) < 4.78 is 0. The van der Waals surface area contributed by atoms with Crippen molar-refractivity contribution in [3.63, 3.8) is 0 Å². The molecule has 0 aromatic heterocycles. The minimum atomic E-state index is -0.686. The smallest absolute Gasteiger partial charge is 0.243 e. The number of carbonyl (C=O) groups excluding carboxylic acids is 2. The summed E-state index contributed by atoms with van der Waals surface area (Å²) in [6.45, 7) is 6.79. The topological polar surface area (TPSA) is 49.4 Å². The fraction of sp³-hybridized carbons (Fsp3) is 0.310. The highest BCUT2D eigenvalue weighted by Crippen LogP contribution is 2.25. The Kier molecular flexibility index (Phi) is 9.76. The molecule has 3 aromatic carbocycles. The van der Waals surface area contributed by atoms with E-state index in [1.54, 1.807) is 17.0 Å². The number of nitrogens with zero attached hydrogens (tertiary/aromatic N) is 1. The van der Waals surface area contributed by atoms with Crippen molar-refractivity contribution in [1.82, 2.24) is 10.2 Å². The molecule has 0 aliphatic rings. The third-order valence-electron chi connectivity index (χ3n) is 5.81. The lowest BCUT2D eigenvalue weighted by atomic mass is 10.00. The first-order valence-corrected chi connectivity index (χ1v) is 12.6. The Hall–Kier alpha value is -2.82. The van der Waals surface area contributed by atoms with E-state index in [0.717, 1.165) is 34.2 Å². The minimum Gasteiger partial charge on any atom is -0.354 e. The van der Waals surface area contributed by atoms with Gasteiger partial charge in [0.1, 0.15) is 6.04 Å². The lowest BCUT2D eigenvalue weighted by Gasteiger charge is -2.32. The van der Waals surface area contributed by atoms with Crippen molar-refractivity contribution >= 4 is 35.0 Å². The Balaban J connectivity index is 2.00. The third-order valence-corrected chi connectivity index (χ3v) is 6.40. The van der Waals surface area contributed by atoms with Crippen molar-refractivity contribution in [3.8, 4) is 0 Å². The highest BCUT2D eigenvalue weighted by molar-refractivity contribution is 6.35. The predicted octanol–water partition coefficient (Wildman–Crippen LogP) is 6.32. The van der Waals surface area contributed by atoms with Crippen LogP contribution >= 0.6 is 23.2 Å². The van der Waals surface area contributed by atoms with Crippen molar-refractivity contribution in [1.29, 1.82) is 0 Å². The predicted molar refractivity (Wildman–Crippen MR) is 144 cm³/mol. The maximum Gasteiger partial charge on any atom is 0.243 e. The molecule has 0 saturated heterocycles. The van der Waals surface area contributed by atoms with E-state index >= 15 is 0 Å². The van der Waals surface area contributed by atoms with Crippen molar-refractivity contribution in [3.05, 3.63) is 105 Å². The molecule has 1 atom stereocenters. The molecule has 0 unspecified atom stereocenters. The lowest BCUT2D eigenvalue weighted by molar-refractivity contribution is -0.140. The van der Waals surface area contributed by atoms with Crippen LogP contribution < -0.4 is 5.32 Å². The molecule has 0 saturated carbocycles. The lowest BCUT2D eigenvalue weighted by Crippen LogP contribution is -2.51. The first-order valence-electron chi connectivity index (χ1n) is 11.9. The summed E-state index contributed by atoms with van der Waals surface area (Å²) in [5.74, 6) is -0.303. The molecule has 0 aliphatic heterocycles. The van der Waals surface area contributed by atoms with Crippen molar-refractivity contribution in [2.45, 2.75) is 52.6 Å². The number of carbonyl (C=O) groups is 2. The van der Waals surface area contributed by atoms with Gasteiger partial charge in [0.05, 0.1) is 6.42 Å². The Labute approximate surface area is 218 Å². The summed E-state index contributed by atoms with van der Waals surface area (Å²) in [4.78, 5) is 28.8. The normalized spacial score (nSPS) is 11.7. The summed E-state index contributed by atoms with van der Waals surface area (Å²) in [7, 11) is 0. The van der Waals surface area contributed by atoms with Crippen LogP contribution in [-0.2, 0) is 29.0 Å². The van der Waals surface area contributed by atoms with Gasteiger partial charge in [0, 0.05) is 29.6 Å². The number of nitrogens with one attached hydrogen (secondary N) is 1. The van der Waals surface area contributed by atoms with Gasteiger partial charge in [-0.05, 0) is 49.1 Å². The van der Waals surface area contributed by atoms with Gasteiger partial charge in [-0.3, -0.25) is 9.59 Å². The molecular formula is C29H32Cl2N2O2. The van der Waals surface area contributed by atoms with Gasteiger partial charge in [0.15, 0.2) is 0 Å². The molecule has 0 spiro atoms. The maximum atomic E-state index is 13.8. The Morgan fingerprint density at radius 2 is 1.60 bits per heavy atom. The zero-order chi connectivity index (χ0) is 25.4. The van der Waals surface area contributed by atoms with Crippen LogP contribution in [0.25, 0.3) is 0 Å². The van der Waals surface area contributed by atoms with Crippen molar-refractivity contribution in [2.75, 3.05) is 6.54 Å². The van der Waals surface area contributed by atoms with E-state index in [-0.39, 0.29) is 24.8 Å². The molecule has 0 aliphatic carbocycles. The molecule has 0 bridgehead atoms. The van der Waals surface area contributed by atoms with Crippen molar-refractivity contribution < 1.29 is 9.59 Å². The van der Waals surface area contributed by atoms with E-state index in [4.69, 9.17) is 23.2 Å². The third kappa shape index (κ3) is 7.84. The van der Waals surface area contributed by atoms with Gasteiger partial charge in [0.25, 0.3) is 0 Å². The SMILES string of the molecule is CCCNC(=O)[C@@H](Cc1ccccc1)N(Cc1ccc(Cl)cc1Cl)C(=O)Cc1cc(C)cc(C)c1. The second kappa shape index (κ2) is 12.8. The monoisotopic (exact) mass is 510 g/mol. The van der Waals surface area contributed by atoms with E-state index in [1.165, 1.54) is 0 Å². The molecule has 35 heavy (non-hydrogen) atoms. The largest absolute Gasteiger partial charge is 0.354 e. The molecular weight excluding hydrogens is 479 g/mol. The van der Waals surface area contributed by atoms with Gasteiger partial charge in [-0.25, -0.2) is 0 Å². The van der Waals surface area contributed by atoms with Crippen LogP contribution in [-0.4, -0.2) is 29.3 Å². The standard InChI is InChI=1S/C29H32Cl2N2O2/c1-4-12-32-29(35)27(16-22-8-6-5-7-9-22)33(19-24-10-11-25(30)18-26(24)31)28(34)17-23-14-20(2)13-21(3)15-23/h5-11,13-15,18,27H,4,12,16-17,19H2,1-3H3,(H,32,35)/t27-/m1/s1. The molecule has 2 amide bonds. The number of hydrogen-bond acceptors (Lipinski definition) is 2. The van der Waals surface area contributed by atoms with Crippen LogP contribution in [0.1, 0.15) is 41.2 Å². The molecule has 6 heteroatoms. The number of amides is 2. The molecule has 3 aromatic rings. The zero-order valence-corrected chi connectivity index (χ0v) is 22.0. The summed E-state index contributed by atoms with van der Waals surface area (Å²) in [6, 6.07) is 20.4. The first kappa shape index (κ1) is 26.8. The van der Waals surface area contributed by atoms with Gasteiger partial charge in [-0.2, -0.15) is 0 Å². The van der Waals surface area contributed by atoms with E-state index in [0.29, 0.717) is 23.0 Å². The van der Waals surface area contributed by atoms with Crippen LogP contribution in [0.3, 0.4) is 0 Å². The van der Waals surface area contributed by atoms with E-state index in [1.807, 2.05) is 69.3 Å². The summed E-state index contributed by atoms with van der Waals surface area (Å²) in [6.07, 6.45) is 1.41. The molecule has 4 nitrogen and oxygen atoms in total. The highest BCUT2D eigenvalue weighted by Gasteiger charge is 2.30. The van der Waals surface area contributed by atoms with Gasteiger partial charge in [-0.1, -0.05) is 95.8 Å². The minimum absolute atomic E-state index is 0.131. The van der Waals surface area contributed by atoms with Gasteiger partial charge < -0.3 is 10.2 Å². The summed E-state index contributed by atoms with van der Waals surface area (Å²) in [5, 5.41) is 3.98. The fourth-order valence-electron chi connectivity index (χ4n) is 4.20. The quantitative estimate of drug-likeness (QED) is 0.346.